The minimum Gasteiger partial charge on any atom is -0.388 e. The largest absolute Gasteiger partial charge is 0.388 e. The lowest BCUT2D eigenvalue weighted by atomic mass is 9.55. The molecule has 6 atom stereocenters. The molecule has 3 unspecified atom stereocenters. The fourth-order valence-electron chi connectivity index (χ4n) is 6.32. The maximum Gasteiger partial charge on any atom is 0.225 e. The molecular weight excluding hydrogens is 498 g/mol. The van der Waals surface area contributed by atoms with E-state index < -0.39 is 23.7 Å². The van der Waals surface area contributed by atoms with Crippen LogP contribution in [0.15, 0.2) is 72.8 Å². The van der Waals surface area contributed by atoms with Gasteiger partial charge in [-0.15, -0.1) is 0 Å². The van der Waals surface area contributed by atoms with Gasteiger partial charge in [0, 0.05) is 0 Å². The first-order valence-electron chi connectivity index (χ1n) is 14.7. The molecular formula is C35H47NO4. The van der Waals surface area contributed by atoms with Gasteiger partial charge < -0.3 is 21.1 Å². The molecule has 0 saturated carbocycles. The summed E-state index contributed by atoms with van der Waals surface area (Å²) in [5, 5.41) is 31.0. The van der Waals surface area contributed by atoms with Crippen molar-refractivity contribution in [3.63, 3.8) is 0 Å². The van der Waals surface area contributed by atoms with E-state index in [-0.39, 0.29) is 23.7 Å². The highest BCUT2D eigenvalue weighted by Crippen LogP contribution is 2.55. The van der Waals surface area contributed by atoms with Gasteiger partial charge in [0.05, 0.1) is 23.7 Å². The van der Waals surface area contributed by atoms with Crippen molar-refractivity contribution in [1.29, 1.82) is 0 Å². The molecule has 0 aromatic heterocycles. The maximum atomic E-state index is 13.8. The van der Waals surface area contributed by atoms with Gasteiger partial charge in [0.1, 0.15) is 0 Å². The SMILES string of the molecule is CCC(O)c1ccc([C@H](C)C(C(N)=O)([C@@H](C)c2ccc(C(O)CC)cc2)[C@@H](C)c2ccc(C(O)CC)cc2)cc1. The molecule has 5 heteroatoms. The molecule has 0 aliphatic carbocycles. The number of hydrogen-bond donors (Lipinski definition) is 4. The fraction of sp³-hybridized carbons (Fsp3) is 0.457. The highest BCUT2D eigenvalue weighted by molar-refractivity contribution is 5.84. The van der Waals surface area contributed by atoms with Crippen molar-refractivity contribution in [2.75, 3.05) is 0 Å². The number of carbonyl (C=O) groups excluding carboxylic acids is 1. The Labute approximate surface area is 240 Å². The van der Waals surface area contributed by atoms with Crippen LogP contribution in [0.5, 0.6) is 0 Å². The summed E-state index contributed by atoms with van der Waals surface area (Å²) >= 11 is 0. The zero-order valence-electron chi connectivity index (χ0n) is 24.8. The summed E-state index contributed by atoms with van der Waals surface area (Å²) in [4.78, 5) is 13.8. The summed E-state index contributed by atoms with van der Waals surface area (Å²) in [6, 6.07) is 23.6. The zero-order valence-corrected chi connectivity index (χ0v) is 24.8. The second kappa shape index (κ2) is 13.6. The number of primary amides is 1. The second-order valence-corrected chi connectivity index (χ2v) is 11.2. The third-order valence-corrected chi connectivity index (χ3v) is 9.20. The maximum absolute atomic E-state index is 13.8. The number of carbonyl (C=O) groups is 1. The van der Waals surface area contributed by atoms with Gasteiger partial charge in [-0.2, -0.15) is 0 Å². The Morgan fingerprint density at radius 2 is 0.750 bits per heavy atom. The van der Waals surface area contributed by atoms with E-state index in [4.69, 9.17) is 5.73 Å². The molecule has 0 spiro atoms. The monoisotopic (exact) mass is 545 g/mol. The summed E-state index contributed by atoms with van der Waals surface area (Å²) in [5.74, 6) is -1.16. The molecule has 5 nitrogen and oxygen atoms in total. The van der Waals surface area contributed by atoms with E-state index in [9.17, 15) is 20.1 Å². The molecule has 0 aliphatic rings. The molecule has 1 amide bonds. The molecule has 0 fully saturated rings. The molecule has 3 aromatic rings. The highest BCUT2D eigenvalue weighted by Gasteiger charge is 2.52. The lowest BCUT2D eigenvalue weighted by Crippen LogP contribution is -2.49. The van der Waals surface area contributed by atoms with Crippen LogP contribution in [0.4, 0.5) is 0 Å². The van der Waals surface area contributed by atoms with E-state index in [0.717, 1.165) is 33.4 Å². The minimum absolute atomic E-state index is 0.260. The van der Waals surface area contributed by atoms with E-state index in [1.54, 1.807) is 0 Å². The fourth-order valence-corrected chi connectivity index (χ4v) is 6.32. The van der Waals surface area contributed by atoms with Crippen LogP contribution in [0.1, 0.15) is 130 Å². The van der Waals surface area contributed by atoms with Crippen molar-refractivity contribution >= 4 is 5.91 Å². The van der Waals surface area contributed by atoms with Gasteiger partial charge in [0.15, 0.2) is 0 Å². The van der Waals surface area contributed by atoms with Crippen LogP contribution in [0, 0.1) is 5.41 Å². The Kier molecular flexibility index (Phi) is 10.7. The van der Waals surface area contributed by atoms with Gasteiger partial charge in [0.25, 0.3) is 0 Å². The van der Waals surface area contributed by atoms with Crippen LogP contribution in [0.2, 0.25) is 0 Å². The molecule has 0 heterocycles. The van der Waals surface area contributed by atoms with E-state index in [1.807, 2.05) is 93.6 Å². The Morgan fingerprint density at radius 3 is 0.925 bits per heavy atom. The summed E-state index contributed by atoms with van der Waals surface area (Å²) in [6.45, 7) is 12.0. The number of amides is 1. The van der Waals surface area contributed by atoms with E-state index in [1.165, 1.54) is 0 Å². The summed E-state index contributed by atoms with van der Waals surface area (Å²) in [6.07, 6.45) is 0.282. The van der Waals surface area contributed by atoms with Gasteiger partial charge in [-0.05, 0) is 70.4 Å². The Balaban J connectivity index is 2.17. The predicted molar refractivity (Wildman–Crippen MR) is 162 cm³/mol. The number of nitrogens with two attached hydrogens (primary N) is 1. The number of aliphatic hydroxyl groups is 3. The molecule has 0 saturated heterocycles. The van der Waals surface area contributed by atoms with Gasteiger partial charge in [-0.3, -0.25) is 4.79 Å². The summed E-state index contributed by atoms with van der Waals surface area (Å²) in [5.41, 5.74) is 10.9. The molecule has 3 aromatic carbocycles. The number of aliphatic hydroxyl groups excluding tert-OH is 3. The lowest BCUT2D eigenvalue weighted by molar-refractivity contribution is -0.131. The van der Waals surface area contributed by atoms with Crippen molar-refractivity contribution in [3.05, 3.63) is 106 Å². The molecule has 5 N–H and O–H groups in total. The van der Waals surface area contributed by atoms with Gasteiger partial charge >= 0.3 is 0 Å². The molecule has 0 aliphatic heterocycles. The number of hydrogen-bond acceptors (Lipinski definition) is 4. The first-order valence-corrected chi connectivity index (χ1v) is 14.7. The number of benzene rings is 3. The third kappa shape index (κ3) is 6.17. The first kappa shape index (κ1) is 31.5. The zero-order chi connectivity index (χ0) is 29.6. The average Bonchev–Trinajstić information content (AvgIpc) is 2.99. The summed E-state index contributed by atoms with van der Waals surface area (Å²) in [7, 11) is 0. The highest BCUT2D eigenvalue weighted by atomic mass is 16.3. The van der Waals surface area contributed by atoms with Gasteiger partial charge in [-0.25, -0.2) is 0 Å². The normalized spacial score (nSPS) is 17.7. The van der Waals surface area contributed by atoms with E-state index in [2.05, 4.69) is 20.8 Å². The summed E-state index contributed by atoms with van der Waals surface area (Å²) < 4.78 is 0. The third-order valence-electron chi connectivity index (χ3n) is 9.20. The van der Waals surface area contributed by atoms with Gasteiger partial charge in [-0.1, -0.05) is 114 Å². The molecule has 40 heavy (non-hydrogen) atoms. The molecule has 3 rings (SSSR count). The molecule has 0 radical (unpaired) electrons. The Bertz CT molecular complexity index is 1080. The van der Waals surface area contributed by atoms with Crippen LogP contribution in [-0.2, 0) is 4.79 Å². The van der Waals surface area contributed by atoms with Crippen molar-refractivity contribution in [1.82, 2.24) is 0 Å². The first-order chi connectivity index (χ1) is 19.0. The van der Waals surface area contributed by atoms with Crippen LogP contribution in [-0.4, -0.2) is 21.2 Å². The van der Waals surface area contributed by atoms with Gasteiger partial charge in [0.2, 0.25) is 5.91 Å². The van der Waals surface area contributed by atoms with Crippen LogP contribution in [0.3, 0.4) is 0 Å². The van der Waals surface area contributed by atoms with Crippen LogP contribution < -0.4 is 5.73 Å². The van der Waals surface area contributed by atoms with Crippen molar-refractivity contribution in [3.8, 4) is 0 Å². The van der Waals surface area contributed by atoms with Crippen LogP contribution in [0.25, 0.3) is 0 Å². The Morgan fingerprint density at radius 1 is 0.550 bits per heavy atom. The van der Waals surface area contributed by atoms with E-state index >= 15 is 0 Å². The predicted octanol–water partition coefficient (Wildman–Crippen LogP) is 7.20. The quantitative estimate of drug-likeness (QED) is 0.182. The smallest absolute Gasteiger partial charge is 0.225 e. The second-order valence-electron chi connectivity index (χ2n) is 11.2. The lowest BCUT2D eigenvalue weighted by Gasteiger charge is -2.46. The molecule has 0 bridgehead atoms. The van der Waals surface area contributed by atoms with Crippen LogP contribution >= 0.6 is 0 Å². The standard InChI is InChI=1S/C35H47NO4/c1-7-31(37)28-16-10-25(11-17-28)22(4)35(34(36)40,23(5)26-12-18-29(19-13-26)32(38)8-2)24(6)27-14-20-30(21-15-27)33(39)9-3/h10-24,31-33,37-39H,7-9H2,1-6H3,(H2,36,40)/t22-,23-,24-,31?,32?,33?,35?/m0/s1. The van der Waals surface area contributed by atoms with Crippen molar-refractivity contribution in [2.24, 2.45) is 11.1 Å². The average molecular weight is 546 g/mol. The minimum atomic E-state index is -1.01. The number of rotatable bonds is 13. The van der Waals surface area contributed by atoms with Crippen molar-refractivity contribution in [2.45, 2.75) is 96.9 Å². The molecule has 216 valence electrons. The topological polar surface area (TPSA) is 104 Å². The Hall–Kier alpha value is -2.99. The van der Waals surface area contributed by atoms with Crippen molar-refractivity contribution < 1.29 is 20.1 Å². The van der Waals surface area contributed by atoms with E-state index in [0.29, 0.717) is 19.3 Å².